The SMILES string of the molecule is CC(C)OC(=O)c1c(NC(=O)C[N+](C)(C)C2CCCC2)sc2c1CC[C@@H](C)C2. The predicted molar refractivity (Wildman–Crippen MR) is 114 cm³/mol. The van der Waals surface area contributed by atoms with E-state index in [9.17, 15) is 9.59 Å². The Balaban J connectivity index is 1.80. The molecule has 0 unspecified atom stereocenters. The third kappa shape index (κ3) is 4.77. The fourth-order valence-electron chi connectivity index (χ4n) is 4.60. The van der Waals surface area contributed by atoms with E-state index < -0.39 is 0 Å². The fraction of sp³-hybridized carbons (Fsp3) is 0.727. The number of carbonyl (C=O) groups is 2. The number of hydrogen-bond acceptors (Lipinski definition) is 4. The number of hydrogen-bond donors (Lipinski definition) is 1. The Morgan fingerprint density at radius 3 is 2.54 bits per heavy atom. The van der Waals surface area contributed by atoms with Crippen molar-refractivity contribution in [2.75, 3.05) is 26.0 Å². The number of esters is 1. The zero-order valence-electron chi connectivity index (χ0n) is 18.0. The minimum atomic E-state index is -0.304. The maximum Gasteiger partial charge on any atom is 0.341 e. The maximum atomic E-state index is 12.9. The van der Waals surface area contributed by atoms with Crippen LogP contribution in [0.1, 0.15) is 73.7 Å². The first kappa shape index (κ1) is 21.3. The van der Waals surface area contributed by atoms with Crippen LogP contribution in [0, 0.1) is 5.92 Å². The van der Waals surface area contributed by atoms with Gasteiger partial charge in [0.1, 0.15) is 5.00 Å². The molecule has 0 radical (unpaired) electrons. The second-order valence-electron chi connectivity index (χ2n) is 9.43. The lowest BCUT2D eigenvalue weighted by molar-refractivity contribution is -0.906. The molecule has 0 saturated heterocycles. The van der Waals surface area contributed by atoms with Crippen molar-refractivity contribution >= 4 is 28.2 Å². The third-order valence-corrected chi connectivity index (χ3v) is 7.35. The highest BCUT2D eigenvalue weighted by Crippen LogP contribution is 2.40. The van der Waals surface area contributed by atoms with Gasteiger partial charge in [-0.25, -0.2) is 4.79 Å². The van der Waals surface area contributed by atoms with E-state index in [1.165, 1.54) is 30.6 Å². The molecule has 1 atom stereocenters. The van der Waals surface area contributed by atoms with E-state index in [4.69, 9.17) is 4.74 Å². The van der Waals surface area contributed by atoms with Gasteiger partial charge in [-0.15, -0.1) is 11.3 Å². The fourth-order valence-corrected chi connectivity index (χ4v) is 6.01. The van der Waals surface area contributed by atoms with E-state index >= 15 is 0 Å². The molecule has 0 bridgehead atoms. The number of amides is 1. The predicted octanol–water partition coefficient (Wildman–Crippen LogP) is 4.40. The van der Waals surface area contributed by atoms with Gasteiger partial charge in [0, 0.05) is 4.88 Å². The summed E-state index contributed by atoms with van der Waals surface area (Å²) < 4.78 is 6.21. The molecule has 3 rings (SSSR count). The van der Waals surface area contributed by atoms with Crippen molar-refractivity contribution in [3.8, 4) is 0 Å². The van der Waals surface area contributed by atoms with Crippen LogP contribution in [0.25, 0.3) is 0 Å². The Hall–Kier alpha value is -1.40. The van der Waals surface area contributed by atoms with E-state index in [0.717, 1.165) is 24.8 Å². The van der Waals surface area contributed by atoms with Gasteiger partial charge in [0.2, 0.25) is 0 Å². The van der Waals surface area contributed by atoms with Crippen LogP contribution in [0.2, 0.25) is 0 Å². The van der Waals surface area contributed by atoms with Gasteiger partial charge in [-0.05, 0) is 70.3 Å². The number of rotatable bonds is 6. The molecule has 0 aliphatic heterocycles. The minimum absolute atomic E-state index is 0.0119. The summed E-state index contributed by atoms with van der Waals surface area (Å²) in [5, 5.41) is 3.76. The van der Waals surface area contributed by atoms with Crippen molar-refractivity contribution in [1.29, 1.82) is 0 Å². The highest BCUT2D eigenvalue weighted by Gasteiger charge is 2.34. The number of likely N-dealkylation sites (N-methyl/N-ethyl adjacent to an activating group) is 1. The van der Waals surface area contributed by atoms with Gasteiger partial charge in [0.15, 0.2) is 6.54 Å². The van der Waals surface area contributed by atoms with Gasteiger partial charge in [-0.1, -0.05) is 6.92 Å². The quantitative estimate of drug-likeness (QED) is 0.562. The van der Waals surface area contributed by atoms with E-state index in [0.29, 0.717) is 33.6 Å². The second kappa shape index (κ2) is 8.54. The summed E-state index contributed by atoms with van der Waals surface area (Å²) in [6.07, 6.45) is 7.66. The topological polar surface area (TPSA) is 55.4 Å². The molecule has 2 aliphatic rings. The average Bonchev–Trinajstić information content (AvgIpc) is 3.20. The number of fused-ring (bicyclic) bond motifs is 1. The number of carbonyl (C=O) groups excluding carboxylic acids is 2. The summed E-state index contributed by atoms with van der Waals surface area (Å²) in [5.74, 6) is 0.297. The third-order valence-electron chi connectivity index (χ3n) is 6.18. The Labute approximate surface area is 173 Å². The van der Waals surface area contributed by atoms with E-state index in [1.807, 2.05) is 13.8 Å². The first-order valence-corrected chi connectivity index (χ1v) is 11.5. The molecule has 6 heteroatoms. The summed E-state index contributed by atoms with van der Waals surface area (Å²) >= 11 is 1.57. The van der Waals surface area contributed by atoms with Crippen molar-refractivity contribution < 1.29 is 18.8 Å². The summed E-state index contributed by atoms with van der Waals surface area (Å²) in [6, 6.07) is 0.550. The van der Waals surface area contributed by atoms with Crippen LogP contribution < -0.4 is 5.32 Å². The van der Waals surface area contributed by atoms with Crippen molar-refractivity contribution in [1.82, 2.24) is 0 Å². The lowest BCUT2D eigenvalue weighted by Crippen LogP contribution is -2.51. The molecule has 1 heterocycles. The number of thiophene rings is 1. The summed E-state index contributed by atoms with van der Waals surface area (Å²) in [6.45, 7) is 6.40. The highest BCUT2D eigenvalue weighted by atomic mass is 32.1. The molecule has 1 amide bonds. The van der Waals surface area contributed by atoms with Crippen LogP contribution in [0.4, 0.5) is 5.00 Å². The van der Waals surface area contributed by atoms with Gasteiger partial charge in [0.05, 0.1) is 31.8 Å². The van der Waals surface area contributed by atoms with Crippen molar-refractivity contribution in [2.24, 2.45) is 5.92 Å². The molecule has 1 aromatic heterocycles. The molecule has 156 valence electrons. The zero-order valence-corrected chi connectivity index (χ0v) is 18.8. The van der Waals surface area contributed by atoms with Crippen LogP contribution in [0.3, 0.4) is 0 Å². The Bertz CT molecular complexity index is 732. The van der Waals surface area contributed by atoms with Gasteiger partial charge in [0.25, 0.3) is 5.91 Å². The molecule has 5 nitrogen and oxygen atoms in total. The number of nitrogens with one attached hydrogen (secondary N) is 1. The molecule has 28 heavy (non-hydrogen) atoms. The number of ether oxygens (including phenoxy) is 1. The molecule has 0 aromatic carbocycles. The smallest absolute Gasteiger partial charge is 0.341 e. The molecular weight excluding hydrogens is 372 g/mol. The van der Waals surface area contributed by atoms with Crippen LogP contribution in [-0.4, -0.2) is 49.1 Å². The van der Waals surface area contributed by atoms with Crippen LogP contribution >= 0.6 is 11.3 Å². The van der Waals surface area contributed by atoms with Crippen LogP contribution in [0.15, 0.2) is 0 Å². The largest absolute Gasteiger partial charge is 0.459 e. The maximum absolute atomic E-state index is 12.9. The summed E-state index contributed by atoms with van der Waals surface area (Å²) in [4.78, 5) is 26.9. The number of quaternary nitrogens is 1. The normalized spacial score (nSPS) is 20.3. The van der Waals surface area contributed by atoms with Crippen LogP contribution in [-0.2, 0) is 22.4 Å². The molecule has 1 fully saturated rings. The average molecular weight is 408 g/mol. The molecule has 1 N–H and O–H groups in total. The van der Waals surface area contributed by atoms with Gasteiger partial charge in [-0.2, -0.15) is 0 Å². The zero-order chi connectivity index (χ0) is 20.5. The first-order chi connectivity index (χ1) is 13.2. The Morgan fingerprint density at radius 1 is 1.21 bits per heavy atom. The van der Waals surface area contributed by atoms with Crippen LogP contribution in [0.5, 0.6) is 0 Å². The van der Waals surface area contributed by atoms with Gasteiger partial charge >= 0.3 is 5.97 Å². The van der Waals surface area contributed by atoms with Crippen molar-refractivity contribution in [2.45, 2.75) is 77.9 Å². The lowest BCUT2D eigenvalue weighted by Gasteiger charge is -2.35. The standard InChI is InChI=1S/C22H34N2O3S/c1-14(2)27-22(26)20-17-11-10-15(3)12-18(17)28-21(20)23-19(25)13-24(4,5)16-8-6-7-9-16/h14-16H,6-13H2,1-5H3/p+1/t15-/m1/s1. The summed E-state index contributed by atoms with van der Waals surface area (Å²) in [5.41, 5.74) is 1.69. The molecule has 0 spiro atoms. The molecule has 2 aliphatic carbocycles. The van der Waals surface area contributed by atoms with E-state index in [2.05, 4.69) is 26.3 Å². The van der Waals surface area contributed by atoms with Gasteiger partial charge < -0.3 is 14.5 Å². The summed E-state index contributed by atoms with van der Waals surface area (Å²) in [7, 11) is 4.29. The van der Waals surface area contributed by atoms with E-state index in [1.54, 1.807) is 11.3 Å². The molecule has 1 aromatic rings. The van der Waals surface area contributed by atoms with E-state index in [-0.39, 0.29) is 18.0 Å². The number of anilines is 1. The Morgan fingerprint density at radius 2 is 1.89 bits per heavy atom. The first-order valence-electron chi connectivity index (χ1n) is 10.7. The lowest BCUT2D eigenvalue weighted by atomic mass is 9.88. The number of nitrogens with zero attached hydrogens (tertiary/aromatic N) is 1. The van der Waals surface area contributed by atoms with Crippen molar-refractivity contribution in [3.05, 3.63) is 16.0 Å². The van der Waals surface area contributed by atoms with Crippen molar-refractivity contribution in [3.63, 3.8) is 0 Å². The van der Waals surface area contributed by atoms with Gasteiger partial charge in [-0.3, -0.25) is 4.79 Å². The monoisotopic (exact) mass is 407 g/mol. The second-order valence-corrected chi connectivity index (χ2v) is 10.5. The minimum Gasteiger partial charge on any atom is -0.459 e. The Kier molecular flexibility index (Phi) is 6.50. The molecular formula is C22H35N2O3S+. The highest BCUT2D eigenvalue weighted by molar-refractivity contribution is 7.17. The molecule has 1 saturated carbocycles.